The van der Waals surface area contributed by atoms with E-state index in [-0.39, 0.29) is 11.9 Å². The van der Waals surface area contributed by atoms with Gasteiger partial charge in [0.2, 0.25) is 5.91 Å². The monoisotopic (exact) mass is 198 g/mol. The Morgan fingerprint density at radius 1 is 1.43 bits per heavy atom. The van der Waals surface area contributed by atoms with Gasteiger partial charge in [-0.1, -0.05) is 13.8 Å². The van der Waals surface area contributed by atoms with E-state index in [1.807, 2.05) is 18.9 Å². The van der Waals surface area contributed by atoms with E-state index in [9.17, 15) is 4.79 Å². The first-order valence-electron chi connectivity index (χ1n) is 5.52. The molecule has 1 aliphatic heterocycles. The molecule has 1 aliphatic rings. The van der Waals surface area contributed by atoms with E-state index in [1.54, 1.807) is 0 Å². The lowest BCUT2D eigenvalue weighted by molar-refractivity contribution is -0.135. The molecule has 82 valence electrons. The van der Waals surface area contributed by atoms with E-state index >= 15 is 0 Å². The van der Waals surface area contributed by atoms with Crippen LogP contribution in [0.3, 0.4) is 0 Å². The predicted molar refractivity (Wildman–Crippen MR) is 58.0 cm³/mol. The zero-order chi connectivity index (χ0) is 10.7. The van der Waals surface area contributed by atoms with Crippen molar-refractivity contribution >= 4 is 5.91 Å². The molecule has 1 heterocycles. The maximum Gasteiger partial charge on any atom is 0.239 e. The molecule has 0 radical (unpaired) electrons. The van der Waals surface area contributed by atoms with Crippen molar-refractivity contribution in [1.29, 1.82) is 0 Å². The molecule has 1 amide bonds. The number of nitrogens with zero attached hydrogens (tertiary/aromatic N) is 1. The summed E-state index contributed by atoms with van der Waals surface area (Å²) in [5.74, 6) is 1.63. The van der Waals surface area contributed by atoms with Crippen LogP contribution in [-0.4, -0.2) is 37.0 Å². The highest BCUT2D eigenvalue weighted by Gasteiger charge is 2.27. The minimum absolute atomic E-state index is 0.0457. The van der Waals surface area contributed by atoms with Crippen LogP contribution in [0, 0.1) is 11.8 Å². The smallest absolute Gasteiger partial charge is 0.239 e. The van der Waals surface area contributed by atoms with Gasteiger partial charge < -0.3 is 10.2 Å². The Labute approximate surface area is 86.9 Å². The molecule has 0 spiro atoms. The molecule has 0 bridgehead atoms. The van der Waals surface area contributed by atoms with Crippen molar-refractivity contribution in [3.63, 3.8) is 0 Å². The lowest BCUT2D eigenvalue weighted by Gasteiger charge is -2.36. The van der Waals surface area contributed by atoms with Crippen LogP contribution in [0.1, 0.15) is 27.2 Å². The number of likely N-dealkylation sites (N-methyl/N-ethyl adjacent to an activating group) is 1. The average molecular weight is 198 g/mol. The second-order valence-corrected chi connectivity index (χ2v) is 4.54. The number of amides is 1. The van der Waals surface area contributed by atoms with Crippen LogP contribution >= 0.6 is 0 Å². The number of likely N-dealkylation sites (tertiary alicyclic amines) is 1. The van der Waals surface area contributed by atoms with Crippen LogP contribution < -0.4 is 5.32 Å². The highest BCUT2D eigenvalue weighted by molar-refractivity contribution is 5.81. The summed E-state index contributed by atoms with van der Waals surface area (Å²) >= 11 is 0. The van der Waals surface area contributed by atoms with Crippen LogP contribution in [0.25, 0.3) is 0 Å². The molecule has 14 heavy (non-hydrogen) atoms. The summed E-state index contributed by atoms with van der Waals surface area (Å²) in [5, 5.41) is 3.00. The molecule has 0 aromatic rings. The van der Waals surface area contributed by atoms with Gasteiger partial charge in [0.05, 0.1) is 6.04 Å². The molecular formula is C11H22N2O. The molecule has 0 aliphatic carbocycles. The van der Waals surface area contributed by atoms with Gasteiger partial charge in [-0.25, -0.2) is 0 Å². The Bertz CT molecular complexity index is 205. The predicted octanol–water partition coefficient (Wildman–Crippen LogP) is 1.10. The molecule has 0 aromatic carbocycles. The molecule has 3 nitrogen and oxygen atoms in total. The number of rotatable bonds is 2. The summed E-state index contributed by atoms with van der Waals surface area (Å²) in [5.41, 5.74) is 0. The minimum atomic E-state index is -0.0457. The Kier molecular flexibility index (Phi) is 3.93. The zero-order valence-corrected chi connectivity index (χ0v) is 9.71. The van der Waals surface area contributed by atoms with Crippen molar-refractivity contribution in [2.24, 2.45) is 11.8 Å². The molecule has 1 rings (SSSR count). The molecule has 3 atom stereocenters. The van der Waals surface area contributed by atoms with E-state index in [0.29, 0.717) is 5.92 Å². The van der Waals surface area contributed by atoms with Crippen molar-refractivity contribution in [3.8, 4) is 0 Å². The van der Waals surface area contributed by atoms with Crippen molar-refractivity contribution < 1.29 is 4.79 Å². The lowest BCUT2D eigenvalue weighted by atomic mass is 9.88. The van der Waals surface area contributed by atoms with Crippen molar-refractivity contribution in [1.82, 2.24) is 10.2 Å². The summed E-state index contributed by atoms with van der Waals surface area (Å²) in [6.07, 6.45) is 1.14. The van der Waals surface area contributed by atoms with Crippen molar-refractivity contribution in [3.05, 3.63) is 0 Å². The van der Waals surface area contributed by atoms with Crippen molar-refractivity contribution in [2.45, 2.75) is 33.2 Å². The number of carbonyl (C=O) groups is 1. The second kappa shape index (κ2) is 4.78. The van der Waals surface area contributed by atoms with Gasteiger partial charge in [-0.15, -0.1) is 0 Å². The van der Waals surface area contributed by atoms with E-state index in [0.717, 1.165) is 25.4 Å². The fourth-order valence-electron chi connectivity index (χ4n) is 1.86. The zero-order valence-electron chi connectivity index (χ0n) is 9.71. The van der Waals surface area contributed by atoms with Crippen molar-refractivity contribution in [2.75, 3.05) is 20.1 Å². The fourth-order valence-corrected chi connectivity index (χ4v) is 1.86. The number of hydrogen-bond donors (Lipinski definition) is 1. The topological polar surface area (TPSA) is 32.3 Å². The van der Waals surface area contributed by atoms with Crippen LogP contribution in [0.15, 0.2) is 0 Å². The van der Waals surface area contributed by atoms with Gasteiger partial charge in [-0.2, -0.15) is 0 Å². The Morgan fingerprint density at radius 2 is 2.07 bits per heavy atom. The first kappa shape index (κ1) is 11.5. The number of piperidine rings is 1. The molecule has 1 fully saturated rings. The molecule has 1 saturated heterocycles. The third kappa shape index (κ3) is 2.47. The van der Waals surface area contributed by atoms with Gasteiger partial charge in [0.15, 0.2) is 0 Å². The van der Waals surface area contributed by atoms with E-state index in [2.05, 4.69) is 19.2 Å². The number of carbonyl (C=O) groups excluding carboxylic acids is 1. The highest BCUT2D eigenvalue weighted by atomic mass is 16.2. The quantitative estimate of drug-likeness (QED) is 0.720. The summed E-state index contributed by atoms with van der Waals surface area (Å²) in [6, 6.07) is -0.0457. The van der Waals surface area contributed by atoms with Gasteiger partial charge in [0.25, 0.3) is 0 Å². The Morgan fingerprint density at radius 3 is 2.57 bits per heavy atom. The maximum atomic E-state index is 11.8. The average Bonchev–Trinajstić information content (AvgIpc) is 2.20. The lowest BCUT2D eigenvalue weighted by Crippen LogP contribution is -2.49. The SMILES string of the molecule is CNC(C)C(=O)N1CCC(C)C(C)C1. The van der Waals surface area contributed by atoms with Gasteiger partial charge in [-0.3, -0.25) is 4.79 Å². The number of hydrogen-bond acceptors (Lipinski definition) is 2. The number of nitrogens with one attached hydrogen (secondary N) is 1. The molecule has 1 N–H and O–H groups in total. The summed E-state index contributed by atoms with van der Waals surface area (Å²) in [6.45, 7) is 8.27. The van der Waals surface area contributed by atoms with Crippen LogP contribution in [0.5, 0.6) is 0 Å². The van der Waals surface area contributed by atoms with Gasteiger partial charge in [0.1, 0.15) is 0 Å². The van der Waals surface area contributed by atoms with E-state index in [4.69, 9.17) is 0 Å². The van der Waals surface area contributed by atoms with Gasteiger partial charge in [0, 0.05) is 13.1 Å². The van der Waals surface area contributed by atoms with Gasteiger partial charge in [-0.05, 0) is 32.2 Å². The fraction of sp³-hybridized carbons (Fsp3) is 0.909. The third-order valence-electron chi connectivity index (χ3n) is 3.45. The first-order valence-corrected chi connectivity index (χ1v) is 5.52. The standard InChI is InChI=1S/C11H22N2O/c1-8-5-6-13(7-9(8)2)11(14)10(3)12-4/h8-10,12H,5-7H2,1-4H3. The summed E-state index contributed by atoms with van der Waals surface area (Å²) in [4.78, 5) is 13.8. The Balaban J connectivity index is 2.50. The molecular weight excluding hydrogens is 176 g/mol. The van der Waals surface area contributed by atoms with E-state index in [1.165, 1.54) is 0 Å². The normalized spacial score (nSPS) is 30.1. The minimum Gasteiger partial charge on any atom is -0.341 e. The summed E-state index contributed by atoms with van der Waals surface area (Å²) < 4.78 is 0. The molecule has 0 aromatic heterocycles. The molecule has 0 saturated carbocycles. The molecule has 3 unspecified atom stereocenters. The first-order chi connectivity index (χ1) is 6.56. The van der Waals surface area contributed by atoms with E-state index < -0.39 is 0 Å². The van der Waals surface area contributed by atoms with Gasteiger partial charge >= 0.3 is 0 Å². The third-order valence-corrected chi connectivity index (χ3v) is 3.45. The molecule has 3 heteroatoms. The largest absolute Gasteiger partial charge is 0.341 e. The Hall–Kier alpha value is -0.570. The highest BCUT2D eigenvalue weighted by Crippen LogP contribution is 2.22. The maximum absolute atomic E-state index is 11.8. The second-order valence-electron chi connectivity index (χ2n) is 4.54. The van der Waals surface area contributed by atoms with Crippen LogP contribution in [0.4, 0.5) is 0 Å². The summed E-state index contributed by atoms with van der Waals surface area (Å²) in [7, 11) is 1.83. The van der Waals surface area contributed by atoms with Crippen LogP contribution in [-0.2, 0) is 4.79 Å². The van der Waals surface area contributed by atoms with Crippen LogP contribution in [0.2, 0.25) is 0 Å².